The number of benzene rings is 1. The van der Waals surface area contributed by atoms with Crippen molar-refractivity contribution in [3.8, 4) is 6.07 Å². The summed E-state index contributed by atoms with van der Waals surface area (Å²) in [5, 5.41) is 9.84. The van der Waals surface area contributed by atoms with E-state index in [1.165, 1.54) is 22.7 Å². The highest BCUT2D eigenvalue weighted by atomic mass is 32.2. The van der Waals surface area contributed by atoms with Crippen molar-refractivity contribution in [2.75, 3.05) is 56.2 Å². The van der Waals surface area contributed by atoms with Gasteiger partial charge in [0.1, 0.15) is 27.6 Å². The average molecular weight is 556 g/mol. The van der Waals surface area contributed by atoms with Gasteiger partial charge in [0.2, 0.25) is 0 Å². The number of methoxy groups -OCH3 is 1. The first-order valence-electron chi connectivity index (χ1n) is 12.5. The number of hydrogen-bond acceptors (Lipinski definition) is 8. The first-order chi connectivity index (χ1) is 18.3. The molecule has 0 bridgehead atoms. The van der Waals surface area contributed by atoms with Crippen molar-refractivity contribution in [3.63, 3.8) is 0 Å². The lowest BCUT2D eigenvalue weighted by Gasteiger charge is -2.39. The number of halogens is 1. The topological polar surface area (TPSA) is 81.8 Å². The normalized spacial score (nSPS) is 17.0. The number of nitriles is 1. The molecular formula is C27H30FN5O3S2. The molecular weight excluding hydrogens is 525 g/mol. The number of carbonyl (C=O) groups is 1. The van der Waals surface area contributed by atoms with Crippen LogP contribution in [-0.4, -0.2) is 66.1 Å². The molecule has 0 aliphatic carbocycles. The van der Waals surface area contributed by atoms with Gasteiger partial charge in [-0.2, -0.15) is 5.26 Å². The summed E-state index contributed by atoms with van der Waals surface area (Å²) in [6.07, 6.45) is 2.45. The third-order valence-corrected chi connectivity index (χ3v) is 8.11. The lowest BCUT2D eigenvalue weighted by molar-refractivity contribution is -0.122. The molecule has 2 aromatic rings. The maximum atomic E-state index is 14.4. The van der Waals surface area contributed by atoms with Crippen LogP contribution in [0.5, 0.6) is 0 Å². The highest BCUT2D eigenvalue weighted by molar-refractivity contribution is 8.26. The molecule has 0 spiro atoms. The lowest BCUT2D eigenvalue weighted by Crippen LogP contribution is -2.49. The van der Waals surface area contributed by atoms with Crippen molar-refractivity contribution < 1.29 is 13.9 Å². The highest BCUT2D eigenvalue weighted by Gasteiger charge is 2.33. The number of rotatable bonds is 8. The van der Waals surface area contributed by atoms with E-state index in [0.29, 0.717) is 84.2 Å². The fourth-order valence-electron chi connectivity index (χ4n) is 4.79. The van der Waals surface area contributed by atoms with Gasteiger partial charge in [-0.25, -0.2) is 4.39 Å². The minimum Gasteiger partial charge on any atom is -0.383 e. The van der Waals surface area contributed by atoms with E-state index in [-0.39, 0.29) is 22.8 Å². The molecule has 1 amide bonds. The number of piperazine rings is 1. The Morgan fingerprint density at radius 1 is 1.16 bits per heavy atom. The van der Waals surface area contributed by atoms with Crippen molar-refractivity contribution >= 4 is 51.8 Å². The van der Waals surface area contributed by atoms with Gasteiger partial charge in [-0.15, -0.1) is 0 Å². The zero-order chi connectivity index (χ0) is 27.4. The molecule has 200 valence electrons. The Morgan fingerprint density at radius 2 is 1.84 bits per heavy atom. The van der Waals surface area contributed by atoms with E-state index in [9.17, 15) is 19.2 Å². The number of pyridine rings is 1. The van der Waals surface area contributed by atoms with Gasteiger partial charge in [0.25, 0.3) is 11.5 Å². The first kappa shape index (κ1) is 27.8. The highest BCUT2D eigenvalue weighted by Crippen LogP contribution is 2.36. The molecule has 4 rings (SSSR count). The van der Waals surface area contributed by atoms with Gasteiger partial charge in [-0.05, 0) is 37.1 Å². The third kappa shape index (κ3) is 5.34. The molecule has 3 heterocycles. The Morgan fingerprint density at radius 3 is 2.47 bits per heavy atom. The Labute approximate surface area is 231 Å². The summed E-state index contributed by atoms with van der Waals surface area (Å²) in [6.45, 7) is 7.03. The van der Waals surface area contributed by atoms with Crippen molar-refractivity contribution in [2.24, 2.45) is 0 Å². The van der Waals surface area contributed by atoms with Crippen molar-refractivity contribution in [1.29, 1.82) is 5.26 Å². The predicted molar refractivity (Wildman–Crippen MR) is 153 cm³/mol. The van der Waals surface area contributed by atoms with Gasteiger partial charge in [-0.1, -0.05) is 43.0 Å². The standard InChI is InChI=1S/C27H30FN5O3S2/c1-4-9-32-24(31-12-10-30(11-13-31)22-8-6-5-7-21(22)28)19(18(2)20(17-29)25(32)34)16-23-26(35)33(14-15-36-3)27(37)38-23/h5-8,16H,4,9-15H2,1-3H3/b23-16+. The summed E-state index contributed by atoms with van der Waals surface area (Å²) >= 11 is 6.64. The van der Waals surface area contributed by atoms with E-state index in [4.69, 9.17) is 17.0 Å². The summed E-state index contributed by atoms with van der Waals surface area (Å²) in [5.74, 6) is 0.177. The first-order valence-corrected chi connectivity index (χ1v) is 13.7. The van der Waals surface area contributed by atoms with Gasteiger partial charge in [-0.3, -0.25) is 19.1 Å². The minimum absolute atomic E-state index is 0.0632. The summed E-state index contributed by atoms with van der Waals surface area (Å²) in [5.41, 5.74) is 1.45. The summed E-state index contributed by atoms with van der Waals surface area (Å²) in [4.78, 5) is 32.6. The predicted octanol–water partition coefficient (Wildman–Crippen LogP) is 3.75. The van der Waals surface area contributed by atoms with Crippen LogP contribution in [0.15, 0.2) is 34.0 Å². The number of nitrogens with zero attached hydrogens (tertiary/aromatic N) is 5. The Balaban J connectivity index is 1.78. The molecule has 0 unspecified atom stereocenters. The molecule has 1 aromatic carbocycles. The van der Waals surface area contributed by atoms with Gasteiger partial charge in [0.05, 0.1) is 23.7 Å². The Kier molecular flexibility index (Phi) is 8.87. The van der Waals surface area contributed by atoms with Gasteiger partial charge < -0.3 is 14.5 Å². The molecule has 2 saturated heterocycles. The number of aromatic nitrogens is 1. The molecule has 38 heavy (non-hydrogen) atoms. The summed E-state index contributed by atoms with van der Waals surface area (Å²) < 4.78 is 21.6. The van der Waals surface area contributed by atoms with E-state index in [1.54, 1.807) is 36.8 Å². The van der Waals surface area contributed by atoms with Crippen LogP contribution in [-0.2, 0) is 16.1 Å². The summed E-state index contributed by atoms with van der Waals surface area (Å²) in [6, 6.07) is 8.77. The van der Waals surface area contributed by atoms with E-state index in [2.05, 4.69) is 11.0 Å². The van der Waals surface area contributed by atoms with Gasteiger partial charge in [0, 0.05) is 45.4 Å². The molecule has 0 N–H and O–H groups in total. The van der Waals surface area contributed by atoms with E-state index in [1.807, 2.05) is 17.9 Å². The number of ether oxygens (including phenoxy) is 1. The van der Waals surface area contributed by atoms with Crippen LogP contribution in [0.4, 0.5) is 15.9 Å². The van der Waals surface area contributed by atoms with Gasteiger partial charge >= 0.3 is 0 Å². The van der Waals surface area contributed by atoms with E-state index < -0.39 is 0 Å². The number of anilines is 2. The third-order valence-electron chi connectivity index (χ3n) is 6.73. The monoisotopic (exact) mass is 555 g/mol. The molecule has 1 aromatic heterocycles. The SMILES string of the molecule is CCCn1c(N2CCN(c3ccccc3F)CC2)c(/C=C2/SC(=S)N(CCOC)C2=O)c(C)c(C#N)c1=O. The smallest absolute Gasteiger partial charge is 0.270 e. The number of hydrogen-bond donors (Lipinski definition) is 0. The largest absolute Gasteiger partial charge is 0.383 e. The maximum absolute atomic E-state index is 14.4. The van der Waals surface area contributed by atoms with Crippen LogP contribution < -0.4 is 15.4 Å². The molecule has 0 atom stereocenters. The zero-order valence-corrected chi connectivity index (χ0v) is 23.3. The average Bonchev–Trinajstić information content (AvgIpc) is 3.18. The second-order valence-electron chi connectivity index (χ2n) is 9.06. The quantitative estimate of drug-likeness (QED) is 0.360. The van der Waals surface area contributed by atoms with Gasteiger partial charge in [0.15, 0.2) is 0 Å². The minimum atomic E-state index is -0.344. The number of thioether (sulfide) groups is 1. The van der Waals surface area contributed by atoms with Crippen molar-refractivity contribution in [3.05, 3.63) is 62.0 Å². The molecule has 2 aliphatic heterocycles. The maximum Gasteiger partial charge on any atom is 0.270 e. The fraction of sp³-hybridized carbons (Fsp3) is 0.407. The molecule has 0 radical (unpaired) electrons. The van der Waals surface area contributed by atoms with Crippen LogP contribution in [0.25, 0.3) is 6.08 Å². The second-order valence-corrected chi connectivity index (χ2v) is 10.7. The number of para-hydroxylation sites is 1. The van der Waals surface area contributed by atoms with E-state index >= 15 is 0 Å². The molecule has 11 heteroatoms. The van der Waals surface area contributed by atoms with Crippen molar-refractivity contribution in [2.45, 2.75) is 26.8 Å². The van der Waals surface area contributed by atoms with Crippen LogP contribution in [0.2, 0.25) is 0 Å². The second kappa shape index (κ2) is 12.1. The number of carbonyl (C=O) groups excluding carboxylic acids is 1. The molecule has 2 aliphatic rings. The van der Waals surface area contributed by atoms with Crippen LogP contribution in [0.3, 0.4) is 0 Å². The van der Waals surface area contributed by atoms with Crippen LogP contribution in [0.1, 0.15) is 30.0 Å². The van der Waals surface area contributed by atoms with E-state index in [0.717, 1.165) is 0 Å². The van der Waals surface area contributed by atoms with Crippen molar-refractivity contribution in [1.82, 2.24) is 9.47 Å². The molecule has 0 saturated carbocycles. The number of amides is 1. The Bertz CT molecular complexity index is 1380. The summed E-state index contributed by atoms with van der Waals surface area (Å²) in [7, 11) is 1.56. The van der Waals surface area contributed by atoms with Crippen LogP contribution in [0, 0.1) is 24.1 Å². The van der Waals surface area contributed by atoms with Crippen LogP contribution >= 0.6 is 24.0 Å². The molecule has 8 nitrogen and oxygen atoms in total. The lowest BCUT2D eigenvalue weighted by atomic mass is 10.0. The Hall–Kier alpha value is -3.20. The fourth-order valence-corrected chi connectivity index (χ4v) is 6.08. The molecule has 2 fully saturated rings. The zero-order valence-electron chi connectivity index (χ0n) is 21.7. The number of thiocarbonyl (C=S) groups is 1.